The van der Waals surface area contributed by atoms with Crippen LogP contribution in [0.25, 0.3) is 0 Å². The molecule has 24 heavy (non-hydrogen) atoms. The second-order valence-electron chi connectivity index (χ2n) is 6.74. The lowest BCUT2D eigenvalue weighted by Crippen LogP contribution is -2.44. The Labute approximate surface area is 142 Å². The Hall–Kier alpha value is -1.92. The first-order chi connectivity index (χ1) is 11.4. The average molecular weight is 334 g/mol. The summed E-state index contributed by atoms with van der Waals surface area (Å²) >= 11 is 0. The molecule has 0 spiro atoms. The Morgan fingerprint density at radius 1 is 1.21 bits per heavy atom. The molecule has 1 aliphatic rings. The molecule has 3 N–H and O–H groups in total. The van der Waals surface area contributed by atoms with Crippen molar-refractivity contribution in [2.45, 2.75) is 45.4 Å². The van der Waals surface area contributed by atoms with Gasteiger partial charge in [0.05, 0.1) is 6.10 Å². The predicted molar refractivity (Wildman–Crippen MR) is 90.7 cm³/mol. The van der Waals surface area contributed by atoms with Gasteiger partial charge in [0, 0.05) is 25.2 Å². The standard InChI is InChI=1S/C18H26N2O4/c1-12(2)16(18(23)24)19-17(22)14-5-3-13(4-6-14)11-20-9-7-15(21)8-10-20/h3-6,12,15-16,21H,7-11H2,1-2H3,(H,19,22)(H,23,24)/t16-/m0/s1. The van der Waals surface area contributed by atoms with E-state index >= 15 is 0 Å². The second kappa shape index (κ2) is 8.26. The molecule has 2 rings (SSSR count). The number of carboxylic acids is 1. The van der Waals surface area contributed by atoms with E-state index in [0.717, 1.165) is 38.0 Å². The van der Waals surface area contributed by atoms with E-state index in [1.165, 1.54) is 0 Å². The lowest BCUT2D eigenvalue weighted by atomic mass is 10.0. The quantitative estimate of drug-likeness (QED) is 0.733. The lowest BCUT2D eigenvalue weighted by molar-refractivity contribution is -0.140. The highest BCUT2D eigenvalue weighted by atomic mass is 16.4. The number of aliphatic carboxylic acids is 1. The summed E-state index contributed by atoms with van der Waals surface area (Å²) in [6, 6.07) is 6.35. The molecule has 1 atom stereocenters. The molecule has 6 nitrogen and oxygen atoms in total. The Balaban J connectivity index is 1.93. The number of nitrogens with one attached hydrogen (secondary N) is 1. The fourth-order valence-electron chi connectivity index (χ4n) is 2.84. The number of hydrogen-bond acceptors (Lipinski definition) is 4. The highest BCUT2D eigenvalue weighted by Gasteiger charge is 2.24. The largest absolute Gasteiger partial charge is 0.480 e. The van der Waals surface area contributed by atoms with Crippen LogP contribution in [0.15, 0.2) is 24.3 Å². The number of nitrogens with zero attached hydrogens (tertiary/aromatic N) is 1. The van der Waals surface area contributed by atoms with Crippen molar-refractivity contribution in [2.24, 2.45) is 5.92 Å². The zero-order valence-corrected chi connectivity index (χ0v) is 14.2. The number of rotatable bonds is 6. The number of aliphatic hydroxyl groups excluding tert-OH is 1. The average Bonchev–Trinajstić information content (AvgIpc) is 2.54. The van der Waals surface area contributed by atoms with E-state index in [-0.39, 0.29) is 17.9 Å². The number of hydrogen-bond donors (Lipinski definition) is 3. The molecule has 1 fully saturated rings. The van der Waals surface area contributed by atoms with E-state index in [0.29, 0.717) is 5.56 Å². The van der Waals surface area contributed by atoms with Gasteiger partial charge in [-0.1, -0.05) is 26.0 Å². The normalized spacial score (nSPS) is 17.7. The van der Waals surface area contributed by atoms with Crippen molar-refractivity contribution in [2.75, 3.05) is 13.1 Å². The van der Waals surface area contributed by atoms with E-state index in [9.17, 15) is 14.7 Å². The molecule has 1 aromatic rings. The molecule has 0 saturated carbocycles. The minimum absolute atomic E-state index is 0.180. The van der Waals surface area contributed by atoms with Crippen LogP contribution in [0.3, 0.4) is 0 Å². The van der Waals surface area contributed by atoms with E-state index in [1.54, 1.807) is 26.0 Å². The zero-order valence-electron chi connectivity index (χ0n) is 14.2. The maximum Gasteiger partial charge on any atom is 0.326 e. The topological polar surface area (TPSA) is 89.9 Å². The van der Waals surface area contributed by atoms with E-state index in [2.05, 4.69) is 10.2 Å². The SMILES string of the molecule is CC(C)[C@H](NC(=O)c1ccc(CN2CCC(O)CC2)cc1)C(=O)O. The number of carbonyl (C=O) groups is 2. The first kappa shape index (κ1) is 18.4. The number of piperidine rings is 1. The Morgan fingerprint density at radius 2 is 1.79 bits per heavy atom. The summed E-state index contributed by atoms with van der Waals surface area (Å²) in [4.78, 5) is 25.6. The van der Waals surface area contributed by atoms with Gasteiger partial charge in [-0.05, 0) is 36.5 Å². The summed E-state index contributed by atoms with van der Waals surface area (Å²) in [6.07, 6.45) is 1.41. The van der Waals surface area contributed by atoms with Gasteiger partial charge in [-0.15, -0.1) is 0 Å². The Kier molecular flexibility index (Phi) is 6.34. The number of carbonyl (C=O) groups excluding carboxylic acids is 1. The third-order valence-electron chi connectivity index (χ3n) is 4.40. The van der Waals surface area contributed by atoms with Crippen molar-refractivity contribution in [3.8, 4) is 0 Å². The first-order valence-electron chi connectivity index (χ1n) is 8.40. The molecule has 132 valence electrons. The minimum Gasteiger partial charge on any atom is -0.480 e. The Bertz CT molecular complexity index is 563. The molecule has 0 radical (unpaired) electrons. The summed E-state index contributed by atoms with van der Waals surface area (Å²) < 4.78 is 0. The maximum absolute atomic E-state index is 12.2. The van der Waals surface area contributed by atoms with E-state index in [4.69, 9.17) is 5.11 Å². The Morgan fingerprint density at radius 3 is 2.29 bits per heavy atom. The van der Waals surface area contributed by atoms with Gasteiger partial charge >= 0.3 is 5.97 Å². The number of amides is 1. The summed E-state index contributed by atoms with van der Waals surface area (Å²) in [7, 11) is 0. The van der Waals surface area contributed by atoms with Gasteiger partial charge in [0.2, 0.25) is 0 Å². The molecule has 0 aliphatic carbocycles. The molecular weight excluding hydrogens is 308 g/mol. The molecular formula is C18H26N2O4. The van der Waals surface area contributed by atoms with Crippen LogP contribution in [0.1, 0.15) is 42.6 Å². The first-order valence-corrected chi connectivity index (χ1v) is 8.40. The molecule has 1 aromatic carbocycles. The molecule has 1 saturated heterocycles. The number of benzene rings is 1. The van der Waals surface area contributed by atoms with Gasteiger partial charge in [0.1, 0.15) is 6.04 Å². The van der Waals surface area contributed by atoms with Crippen molar-refractivity contribution in [1.82, 2.24) is 10.2 Å². The summed E-state index contributed by atoms with van der Waals surface area (Å²) in [5.41, 5.74) is 1.56. The van der Waals surface area contributed by atoms with Crippen molar-refractivity contribution >= 4 is 11.9 Å². The van der Waals surface area contributed by atoms with Crippen LogP contribution < -0.4 is 5.32 Å². The van der Waals surface area contributed by atoms with Crippen molar-refractivity contribution in [3.63, 3.8) is 0 Å². The molecule has 6 heteroatoms. The molecule has 0 unspecified atom stereocenters. The van der Waals surface area contributed by atoms with Gasteiger partial charge in [-0.3, -0.25) is 9.69 Å². The molecule has 0 bridgehead atoms. The smallest absolute Gasteiger partial charge is 0.326 e. The predicted octanol–water partition coefficient (Wildman–Crippen LogP) is 1.48. The van der Waals surface area contributed by atoms with Crippen LogP contribution in [0.4, 0.5) is 0 Å². The van der Waals surface area contributed by atoms with Gasteiger partial charge in [0.25, 0.3) is 5.91 Å². The fraction of sp³-hybridized carbons (Fsp3) is 0.556. The van der Waals surface area contributed by atoms with Crippen LogP contribution in [0, 0.1) is 5.92 Å². The molecule has 1 aliphatic heterocycles. The van der Waals surface area contributed by atoms with Crippen LogP contribution >= 0.6 is 0 Å². The number of carboxylic acid groups (broad SMARTS) is 1. The third kappa shape index (κ3) is 5.04. The van der Waals surface area contributed by atoms with Crippen molar-refractivity contribution < 1.29 is 19.8 Å². The van der Waals surface area contributed by atoms with E-state index < -0.39 is 12.0 Å². The zero-order chi connectivity index (χ0) is 17.7. The number of likely N-dealkylation sites (tertiary alicyclic amines) is 1. The van der Waals surface area contributed by atoms with Gasteiger partial charge in [-0.2, -0.15) is 0 Å². The van der Waals surface area contributed by atoms with Crippen molar-refractivity contribution in [1.29, 1.82) is 0 Å². The molecule has 1 amide bonds. The van der Waals surface area contributed by atoms with Crippen LogP contribution in [0.2, 0.25) is 0 Å². The van der Waals surface area contributed by atoms with Crippen molar-refractivity contribution in [3.05, 3.63) is 35.4 Å². The maximum atomic E-state index is 12.2. The molecule has 1 heterocycles. The highest BCUT2D eigenvalue weighted by Crippen LogP contribution is 2.14. The van der Waals surface area contributed by atoms with Crippen LogP contribution in [-0.4, -0.2) is 52.2 Å². The highest BCUT2D eigenvalue weighted by molar-refractivity contribution is 5.96. The lowest BCUT2D eigenvalue weighted by Gasteiger charge is -2.29. The summed E-state index contributed by atoms with van der Waals surface area (Å²) in [5, 5.41) is 21.2. The van der Waals surface area contributed by atoms with E-state index in [1.807, 2.05) is 12.1 Å². The third-order valence-corrected chi connectivity index (χ3v) is 4.40. The van der Waals surface area contributed by atoms with Crippen LogP contribution in [0.5, 0.6) is 0 Å². The second-order valence-corrected chi connectivity index (χ2v) is 6.74. The number of aliphatic hydroxyl groups is 1. The summed E-state index contributed by atoms with van der Waals surface area (Å²) in [5.74, 6) is -1.58. The van der Waals surface area contributed by atoms with Crippen LogP contribution in [-0.2, 0) is 11.3 Å². The molecule has 0 aromatic heterocycles. The van der Waals surface area contributed by atoms with Gasteiger partial charge in [0.15, 0.2) is 0 Å². The fourth-order valence-corrected chi connectivity index (χ4v) is 2.84. The monoisotopic (exact) mass is 334 g/mol. The van der Waals surface area contributed by atoms with Gasteiger partial charge < -0.3 is 15.5 Å². The summed E-state index contributed by atoms with van der Waals surface area (Å²) in [6.45, 7) is 6.06. The van der Waals surface area contributed by atoms with Gasteiger partial charge in [-0.25, -0.2) is 4.79 Å². The minimum atomic E-state index is -1.03.